The molecule has 0 saturated heterocycles. The second-order valence-electron chi connectivity index (χ2n) is 3.44. The fourth-order valence-electron chi connectivity index (χ4n) is 1.31. The van der Waals surface area contributed by atoms with E-state index in [-0.39, 0.29) is 0 Å². The third-order valence-corrected chi connectivity index (χ3v) is 2.57. The van der Waals surface area contributed by atoms with Crippen LogP contribution in [0.15, 0.2) is 0 Å². The summed E-state index contributed by atoms with van der Waals surface area (Å²) >= 11 is 4.44. The molecule has 2 nitrogen and oxygen atoms in total. The SMILES string of the molecule is CCCC(S)CCCCCC(=O)O. The molecule has 1 N–H and O–H groups in total. The zero-order valence-electron chi connectivity index (χ0n) is 8.33. The quantitative estimate of drug-likeness (QED) is 0.471. The summed E-state index contributed by atoms with van der Waals surface area (Å²) in [6.07, 6.45) is 6.73. The Balaban J connectivity index is 3.11. The van der Waals surface area contributed by atoms with Crippen molar-refractivity contribution < 1.29 is 9.90 Å². The minimum absolute atomic E-state index is 0.311. The molecule has 0 aliphatic heterocycles. The van der Waals surface area contributed by atoms with Crippen molar-refractivity contribution in [1.29, 1.82) is 0 Å². The first-order chi connectivity index (χ1) is 6.16. The van der Waals surface area contributed by atoms with E-state index in [4.69, 9.17) is 5.11 Å². The van der Waals surface area contributed by atoms with Gasteiger partial charge < -0.3 is 5.11 Å². The maximum absolute atomic E-state index is 10.2. The first kappa shape index (κ1) is 12.8. The van der Waals surface area contributed by atoms with Crippen molar-refractivity contribution in [2.45, 2.75) is 57.1 Å². The summed E-state index contributed by atoms with van der Waals surface area (Å²) in [6, 6.07) is 0. The van der Waals surface area contributed by atoms with Gasteiger partial charge in [-0.05, 0) is 19.3 Å². The van der Waals surface area contributed by atoms with Gasteiger partial charge in [-0.15, -0.1) is 0 Å². The van der Waals surface area contributed by atoms with Crippen LogP contribution in [0.1, 0.15) is 51.9 Å². The molecule has 1 unspecified atom stereocenters. The van der Waals surface area contributed by atoms with Crippen LogP contribution in [0.3, 0.4) is 0 Å². The zero-order chi connectivity index (χ0) is 10.1. The Morgan fingerprint density at radius 1 is 1.31 bits per heavy atom. The highest BCUT2D eigenvalue weighted by Gasteiger charge is 2.01. The van der Waals surface area contributed by atoms with Gasteiger partial charge in [0.15, 0.2) is 0 Å². The maximum Gasteiger partial charge on any atom is 0.303 e. The summed E-state index contributed by atoms with van der Waals surface area (Å²) in [7, 11) is 0. The minimum Gasteiger partial charge on any atom is -0.481 e. The smallest absolute Gasteiger partial charge is 0.303 e. The van der Waals surface area contributed by atoms with Crippen molar-refractivity contribution in [3.63, 3.8) is 0 Å². The van der Waals surface area contributed by atoms with E-state index in [0.29, 0.717) is 11.7 Å². The lowest BCUT2D eigenvalue weighted by Gasteiger charge is -2.07. The van der Waals surface area contributed by atoms with Crippen LogP contribution in [0.5, 0.6) is 0 Å². The van der Waals surface area contributed by atoms with Crippen LogP contribution in [0.4, 0.5) is 0 Å². The van der Waals surface area contributed by atoms with E-state index in [1.54, 1.807) is 0 Å². The second-order valence-corrected chi connectivity index (χ2v) is 4.17. The molecule has 78 valence electrons. The molecule has 0 fully saturated rings. The zero-order valence-corrected chi connectivity index (χ0v) is 9.22. The molecule has 0 spiro atoms. The lowest BCUT2D eigenvalue weighted by Crippen LogP contribution is -1.98. The molecule has 0 amide bonds. The van der Waals surface area contributed by atoms with Gasteiger partial charge in [0.25, 0.3) is 0 Å². The van der Waals surface area contributed by atoms with Crippen molar-refractivity contribution in [3.05, 3.63) is 0 Å². The van der Waals surface area contributed by atoms with Crippen LogP contribution in [-0.4, -0.2) is 16.3 Å². The van der Waals surface area contributed by atoms with E-state index in [1.807, 2.05) is 0 Å². The van der Waals surface area contributed by atoms with Gasteiger partial charge in [-0.25, -0.2) is 0 Å². The Morgan fingerprint density at radius 2 is 2.00 bits per heavy atom. The van der Waals surface area contributed by atoms with Crippen molar-refractivity contribution in [3.8, 4) is 0 Å². The van der Waals surface area contributed by atoms with Crippen molar-refractivity contribution >= 4 is 18.6 Å². The van der Waals surface area contributed by atoms with Gasteiger partial charge in [-0.1, -0.05) is 26.2 Å². The molecular weight excluding hydrogens is 184 g/mol. The third-order valence-electron chi connectivity index (χ3n) is 2.05. The lowest BCUT2D eigenvalue weighted by atomic mass is 10.1. The summed E-state index contributed by atoms with van der Waals surface area (Å²) in [5.41, 5.74) is 0. The Bertz CT molecular complexity index is 137. The van der Waals surface area contributed by atoms with Gasteiger partial charge in [0.2, 0.25) is 0 Å². The molecule has 0 bridgehead atoms. The van der Waals surface area contributed by atoms with Crippen molar-refractivity contribution in [2.75, 3.05) is 0 Å². The third kappa shape index (κ3) is 9.74. The number of rotatable bonds is 8. The Morgan fingerprint density at radius 3 is 2.54 bits per heavy atom. The second kappa shape index (κ2) is 8.42. The maximum atomic E-state index is 10.2. The minimum atomic E-state index is -0.684. The number of unbranched alkanes of at least 4 members (excludes halogenated alkanes) is 2. The number of aliphatic carboxylic acids is 1. The molecule has 0 aliphatic carbocycles. The molecule has 0 radical (unpaired) electrons. The van der Waals surface area contributed by atoms with E-state index in [2.05, 4.69) is 19.6 Å². The highest BCUT2D eigenvalue weighted by atomic mass is 32.1. The average molecular weight is 204 g/mol. The summed E-state index contributed by atoms with van der Waals surface area (Å²) < 4.78 is 0. The fraction of sp³-hybridized carbons (Fsp3) is 0.900. The van der Waals surface area contributed by atoms with Crippen LogP contribution < -0.4 is 0 Å². The predicted molar refractivity (Wildman–Crippen MR) is 58.4 cm³/mol. The molecule has 0 rings (SSSR count). The molecule has 0 aromatic rings. The average Bonchev–Trinajstić information content (AvgIpc) is 2.03. The number of hydrogen-bond acceptors (Lipinski definition) is 2. The summed E-state index contributed by atoms with van der Waals surface area (Å²) in [6.45, 7) is 2.16. The van der Waals surface area contributed by atoms with Crippen molar-refractivity contribution in [2.24, 2.45) is 0 Å². The topological polar surface area (TPSA) is 37.3 Å². The molecule has 1 atom stereocenters. The van der Waals surface area contributed by atoms with Crippen LogP contribution in [0.25, 0.3) is 0 Å². The largest absolute Gasteiger partial charge is 0.481 e. The van der Waals surface area contributed by atoms with E-state index in [1.165, 1.54) is 12.8 Å². The molecule has 0 aliphatic rings. The van der Waals surface area contributed by atoms with E-state index >= 15 is 0 Å². The number of carboxylic acid groups (broad SMARTS) is 1. The van der Waals surface area contributed by atoms with Gasteiger partial charge in [0.05, 0.1) is 0 Å². The van der Waals surface area contributed by atoms with Crippen LogP contribution in [0.2, 0.25) is 0 Å². The van der Waals surface area contributed by atoms with Gasteiger partial charge in [-0.2, -0.15) is 12.6 Å². The van der Waals surface area contributed by atoms with E-state index in [9.17, 15) is 4.79 Å². The monoisotopic (exact) mass is 204 g/mol. The molecule has 0 aromatic carbocycles. The predicted octanol–water partition coefficient (Wildman–Crippen LogP) is 3.12. The Labute approximate surface area is 86.1 Å². The molecule has 0 aromatic heterocycles. The Kier molecular flexibility index (Phi) is 8.30. The van der Waals surface area contributed by atoms with Gasteiger partial charge in [0, 0.05) is 11.7 Å². The highest BCUT2D eigenvalue weighted by Crippen LogP contribution is 2.14. The lowest BCUT2D eigenvalue weighted by molar-refractivity contribution is -0.137. The molecular formula is C10H20O2S. The van der Waals surface area contributed by atoms with Crippen LogP contribution >= 0.6 is 12.6 Å². The van der Waals surface area contributed by atoms with Gasteiger partial charge in [-0.3, -0.25) is 4.79 Å². The van der Waals surface area contributed by atoms with E-state index in [0.717, 1.165) is 25.7 Å². The normalized spacial score (nSPS) is 12.8. The molecule has 3 heteroatoms. The fourth-order valence-corrected chi connectivity index (χ4v) is 1.75. The van der Waals surface area contributed by atoms with Gasteiger partial charge >= 0.3 is 5.97 Å². The molecule has 0 saturated carbocycles. The number of thiol groups is 1. The summed E-state index contributed by atoms with van der Waals surface area (Å²) in [4.78, 5) is 10.2. The van der Waals surface area contributed by atoms with Gasteiger partial charge in [0.1, 0.15) is 0 Å². The molecule has 13 heavy (non-hydrogen) atoms. The first-order valence-electron chi connectivity index (χ1n) is 5.06. The number of hydrogen-bond donors (Lipinski definition) is 2. The number of carboxylic acids is 1. The first-order valence-corrected chi connectivity index (χ1v) is 5.58. The standard InChI is InChI=1S/C10H20O2S/c1-2-6-9(13)7-4-3-5-8-10(11)12/h9,13H,2-8H2,1H3,(H,11,12). The van der Waals surface area contributed by atoms with Crippen molar-refractivity contribution in [1.82, 2.24) is 0 Å². The molecule has 0 heterocycles. The van der Waals surface area contributed by atoms with E-state index < -0.39 is 5.97 Å². The Hall–Kier alpha value is -0.180. The summed E-state index contributed by atoms with van der Waals surface area (Å²) in [5.74, 6) is -0.684. The van der Waals surface area contributed by atoms with Crippen LogP contribution in [0, 0.1) is 0 Å². The summed E-state index contributed by atoms with van der Waals surface area (Å²) in [5, 5.41) is 8.90. The number of carbonyl (C=O) groups is 1. The highest BCUT2D eigenvalue weighted by molar-refractivity contribution is 7.80. The van der Waals surface area contributed by atoms with Crippen LogP contribution in [-0.2, 0) is 4.79 Å².